The van der Waals surface area contributed by atoms with Gasteiger partial charge in [-0.1, -0.05) is 0 Å². The van der Waals surface area contributed by atoms with Crippen LogP contribution in [0, 0.1) is 0 Å². The first-order valence-electron chi connectivity index (χ1n) is 8.08. The molecule has 0 radical (unpaired) electrons. The highest BCUT2D eigenvalue weighted by Gasteiger charge is 2.19. The minimum Gasteiger partial charge on any atom is -0.378 e. The second-order valence-corrected chi connectivity index (χ2v) is 5.95. The number of rotatable bonds is 3. The van der Waals surface area contributed by atoms with E-state index in [9.17, 15) is 0 Å². The van der Waals surface area contributed by atoms with E-state index in [0.29, 0.717) is 6.04 Å². The van der Waals surface area contributed by atoms with Crippen molar-refractivity contribution in [3.05, 3.63) is 36.7 Å². The molecule has 4 rings (SSSR count). The minimum atomic E-state index is 0.524. The zero-order valence-electron chi connectivity index (χ0n) is 12.7. The smallest absolute Gasteiger partial charge is 0.140 e. The summed E-state index contributed by atoms with van der Waals surface area (Å²) in [6, 6.07) is 9.30. The van der Waals surface area contributed by atoms with Crippen molar-refractivity contribution < 1.29 is 4.74 Å². The summed E-state index contributed by atoms with van der Waals surface area (Å²) >= 11 is 0. The van der Waals surface area contributed by atoms with Crippen LogP contribution in [-0.2, 0) is 4.74 Å². The predicted octanol–water partition coefficient (Wildman–Crippen LogP) is 1.92. The summed E-state index contributed by atoms with van der Waals surface area (Å²) in [5.41, 5.74) is 2.46. The van der Waals surface area contributed by atoms with Gasteiger partial charge in [0.25, 0.3) is 0 Å². The predicted molar refractivity (Wildman–Crippen MR) is 87.2 cm³/mol. The highest BCUT2D eigenvalue weighted by atomic mass is 16.5. The van der Waals surface area contributed by atoms with E-state index >= 15 is 0 Å². The molecule has 2 aromatic rings. The lowest BCUT2D eigenvalue weighted by Crippen LogP contribution is -2.36. The van der Waals surface area contributed by atoms with Crippen LogP contribution in [0.4, 0.5) is 5.69 Å². The summed E-state index contributed by atoms with van der Waals surface area (Å²) in [5.74, 6) is 1.07. The third kappa shape index (κ3) is 2.62. The molecule has 1 aromatic heterocycles. The average Bonchev–Trinajstić information content (AvgIpc) is 3.27. The fourth-order valence-electron chi connectivity index (χ4n) is 3.35. The van der Waals surface area contributed by atoms with Crippen LogP contribution in [0.5, 0.6) is 0 Å². The van der Waals surface area contributed by atoms with E-state index in [1.54, 1.807) is 0 Å². The van der Waals surface area contributed by atoms with Gasteiger partial charge in [0.2, 0.25) is 0 Å². The molecule has 2 aliphatic rings. The van der Waals surface area contributed by atoms with E-state index in [1.807, 2.05) is 6.20 Å². The zero-order chi connectivity index (χ0) is 14.8. The number of imidazole rings is 1. The number of nitrogens with zero attached hydrogens (tertiary/aromatic N) is 3. The first kappa shape index (κ1) is 13.8. The Kier molecular flexibility index (Phi) is 3.83. The third-order valence-corrected chi connectivity index (χ3v) is 4.60. The largest absolute Gasteiger partial charge is 0.378 e. The Morgan fingerprint density at radius 2 is 1.95 bits per heavy atom. The summed E-state index contributed by atoms with van der Waals surface area (Å²) in [6.07, 6.45) is 5.18. The van der Waals surface area contributed by atoms with Crippen LogP contribution >= 0.6 is 0 Å². The molecule has 1 atom stereocenters. The molecule has 2 aliphatic heterocycles. The van der Waals surface area contributed by atoms with Crippen molar-refractivity contribution in [3.8, 4) is 11.4 Å². The topological polar surface area (TPSA) is 42.3 Å². The van der Waals surface area contributed by atoms with Crippen molar-refractivity contribution in [2.75, 3.05) is 44.3 Å². The number of hydrogen-bond donors (Lipinski definition) is 1. The molecule has 0 amide bonds. The van der Waals surface area contributed by atoms with Gasteiger partial charge in [0, 0.05) is 49.3 Å². The molecule has 0 spiro atoms. The Morgan fingerprint density at radius 3 is 2.68 bits per heavy atom. The standard InChI is InChI=1S/C17H22N4O/c1-3-15(20-9-11-22-12-10-20)4-2-14(1)17-19-7-8-21(17)16-5-6-18-13-16/h1-4,7-8,16,18H,5-6,9-13H2/t16-/m1/s1. The molecule has 1 aromatic carbocycles. The Balaban J connectivity index is 1.57. The highest BCUT2D eigenvalue weighted by molar-refractivity contribution is 5.61. The van der Waals surface area contributed by atoms with Crippen molar-refractivity contribution >= 4 is 5.69 Å². The number of hydrogen-bond acceptors (Lipinski definition) is 4. The number of anilines is 1. The van der Waals surface area contributed by atoms with E-state index in [-0.39, 0.29) is 0 Å². The van der Waals surface area contributed by atoms with E-state index in [4.69, 9.17) is 4.74 Å². The fourth-order valence-corrected chi connectivity index (χ4v) is 3.35. The van der Waals surface area contributed by atoms with Crippen molar-refractivity contribution in [1.29, 1.82) is 0 Å². The fraction of sp³-hybridized carbons (Fsp3) is 0.471. The molecule has 0 bridgehead atoms. The van der Waals surface area contributed by atoms with Gasteiger partial charge in [0.1, 0.15) is 5.82 Å². The third-order valence-electron chi connectivity index (χ3n) is 4.60. The number of aromatic nitrogens is 2. The molecular formula is C17H22N4O. The van der Waals surface area contributed by atoms with Crippen LogP contribution in [0.3, 0.4) is 0 Å². The molecule has 2 fully saturated rings. The summed E-state index contributed by atoms with van der Waals surface area (Å²) in [4.78, 5) is 6.95. The molecule has 1 N–H and O–H groups in total. The van der Waals surface area contributed by atoms with Crippen LogP contribution in [-0.4, -0.2) is 48.9 Å². The Labute approximate surface area is 130 Å². The van der Waals surface area contributed by atoms with Gasteiger partial charge in [-0.15, -0.1) is 0 Å². The van der Waals surface area contributed by atoms with Crippen molar-refractivity contribution in [2.24, 2.45) is 0 Å². The highest BCUT2D eigenvalue weighted by Crippen LogP contribution is 2.26. The van der Waals surface area contributed by atoms with Crippen molar-refractivity contribution in [3.63, 3.8) is 0 Å². The summed E-state index contributed by atoms with van der Waals surface area (Å²) in [6.45, 7) is 5.72. The van der Waals surface area contributed by atoms with Crippen LogP contribution in [0.15, 0.2) is 36.7 Å². The molecule has 5 heteroatoms. The van der Waals surface area contributed by atoms with Crippen LogP contribution in [0.2, 0.25) is 0 Å². The van der Waals surface area contributed by atoms with E-state index < -0.39 is 0 Å². The summed E-state index contributed by atoms with van der Waals surface area (Å²) < 4.78 is 7.72. The average molecular weight is 298 g/mol. The monoisotopic (exact) mass is 298 g/mol. The van der Waals surface area contributed by atoms with Crippen molar-refractivity contribution in [1.82, 2.24) is 14.9 Å². The molecule has 3 heterocycles. The zero-order valence-corrected chi connectivity index (χ0v) is 12.7. The number of morpholine rings is 1. The normalized spacial score (nSPS) is 22.2. The van der Waals surface area contributed by atoms with Gasteiger partial charge in [-0.25, -0.2) is 4.98 Å². The number of nitrogens with one attached hydrogen (secondary N) is 1. The summed E-state index contributed by atoms with van der Waals surface area (Å²) in [7, 11) is 0. The lowest BCUT2D eigenvalue weighted by molar-refractivity contribution is 0.122. The molecule has 0 aliphatic carbocycles. The molecule has 0 unspecified atom stereocenters. The molecular weight excluding hydrogens is 276 g/mol. The second-order valence-electron chi connectivity index (χ2n) is 5.95. The van der Waals surface area contributed by atoms with Gasteiger partial charge in [-0.2, -0.15) is 0 Å². The number of benzene rings is 1. The maximum Gasteiger partial charge on any atom is 0.140 e. The van der Waals surface area contributed by atoms with Gasteiger partial charge in [0.05, 0.1) is 13.2 Å². The maximum absolute atomic E-state index is 5.42. The molecule has 22 heavy (non-hydrogen) atoms. The van der Waals surface area contributed by atoms with E-state index in [2.05, 4.69) is 50.2 Å². The lowest BCUT2D eigenvalue weighted by Gasteiger charge is -2.29. The van der Waals surface area contributed by atoms with E-state index in [0.717, 1.165) is 45.2 Å². The Hall–Kier alpha value is -1.85. The molecule has 0 saturated carbocycles. The number of ether oxygens (including phenoxy) is 1. The van der Waals surface area contributed by atoms with Crippen LogP contribution < -0.4 is 10.2 Å². The maximum atomic E-state index is 5.42. The lowest BCUT2D eigenvalue weighted by atomic mass is 10.1. The molecule has 116 valence electrons. The van der Waals surface area contributed by atoms with Gasteiger partial charge in [0.15, 0.2) is 0 Å². The Morgan fingerprint density at radius 1 is 1.14 bits per heavy atom. The van der Waals surface area contributed by atoms with Gasteiger partial charge < -0.3 is 19.5 Å². The van der Waals surface area contributed by atoms with Crippen LogP contribution in [0.25, 0.3) is 11.4 Å². The molecule has 2 saturated heterocycles. The SMILES string of the molecule is c1cn([C@@H]2CCNC2)c(-c2ccc(N3CCOCC3)cc2)n1. The van der Waals surface area contributed by atoms with Crippen LogP contribution in [0.1, 0.15) is 12.5 Å². The van der Waals surface area contributed by atoms with E-state index in [1.165, 1.54) is 17.7 Å². The Bertz CT molecular complexity index is 610. The quantitative estimate of drug-likeness (QED) is 0.940. The van der Waals surface area contributed by atoms with Crippen molar-refractivity contribution in [2.45, 2.75) is 12.5 Å². The molecule has 5 nitrogen and oxygen atoms in total. The van der Waals surface area contributed by atoms with Gasteiger partial charge >= 0.3 is 0 Å². The van der Waals surface area contributed by atoms with Gasteiger partial charge in [-0.3, -0.25) is 0 Å². The first-order chi connectivity index (χ1) is 10.9. The summed E-state index contributed by atoms with van der Waals surface area (Å²) in [5, 5.41) is 3.42. The first-order valence-corrected chi connectivity index (χ1v) is 8.08. The second kappa shape index (κ2) is 6.10. The van der Waals surface area contributed by atoms with Gasteiger partial charge in [-0.05, 0) is 37.2 Å². The minimum absolute atomic E-state index is 0.524.